The van der Waals surface area contributed by atoms with Crippen LogP contribution in [0.5, 0.6) is 5.75 Å². The summed E-state index contributed by atoms with van der Waals surface area (Å²) < 4.78 is 6.14. The van der Waals surface area contributed by atoms with E-state index in [0.717, 1.165) is 26.4 Å². The van der Waals surface area contributed by atoms with Gasteiger partial charge in [-0.1, -0.05) is 42.0 Å². The van der Waals surface area contributed by atoms with Crippen molar-refractivity contribution in [3.05, 3.63) is 63.1 Å². The van der Waals surface area contributed by atoms with Crippen molar-refractivity contribution in [1.29, 1.82) is 0 Å². The second-order valence-electron chi connectivity index (χ2n) is 3.78. The van der Waals surface area contributed by atoms with E-state index in [-0.39, 0.29) is 0 Å². The van der Waals surface area contributed by atoms with Gasteiger partial charge in [0.2, 0.25) is 0 Å². The Kier molecular flexibility index (Phi) is 4.45. The fourth-order valence-corrected chi connectivity index (χ4v) is 2.24. The van der Waals surface area contributed by atoms with Crippen LogP contribution in [-0.4, -0.2) is 7.11 Å². The molecule has 2 rings (SSSR count). The third-order valence-electron chi connectivity index (χ3n) is 2.51. The van der Waals surface area contributed by atoms with Gasteiger partial charge in [0.15, 0.2) is 0 Å². The minimum absolute atomic E-state index is 0.749. The van der Waals surface area contributed by atoms with E-state index in [1.165, 1.54) is 0 Å². The smallest absolute Gasteiger partial charge is 0.133 e. The molecule has 0 bridgehead atoms. The van der Waals surface area contributed by atoms with Gasteiger partial charge in [0, 0.05) is 5.02 Å². The number of hydrogen-bond acceptors (Lipinski definition) is 1. The van der Waals surface area contributed by atoms with Gasteiger partial charge < -0.3 is 4.74 Å². The average Bonchev–Trinajstić information content (AvgIpc) is 2.38. The number of halogens is 2. The predicted molar refractivity (Wildman–Crippen MR) is 81.1 cm³/mol. The average molecular weight is 324 g/mol. The quantitative estimate of drug-likeness (QED) is 0.698. The molecule has 0 spiro atoms. The predicted octanol–water partition coefficient (Wildman–Crippen LogP) is 5.28. The van der Waals surface area contributed by atoms with Crippen molar-refractivity contribution >= 4 is 39.7 Å². The van der Waals surface area contributed by atoms with Crippen LogP contribution in [-0.2, 0) is 0 Å². The van der Waals surface area contributed by atoms with E-state index in [4.69, 9.17) is 16.3 Å². The SMILES string of the molecule is COc1ccc(/C=C/c2ccc(Cl)cc2)cc1Br. The van der Waals surface area contributed by atoms with Crippen LogP contribution in [0, 0.1) is 0 Å². The molecule has 0 N–H and O–H groups in total. The topological polar surface area (TPSA) is 9.23 Å². The molecule has 0 aliphatic carbocycles. The van der Waals surface area contributed by atoms with Gasteiger partial charge in [0.05, 0.1) is 11.6 Å². The first-order chi connectivity index (χ1) is 8.69. The first-order valence-corrected chi connectivity index (χ1v) is 6.63. The molecule has 2 aromatic rings. The van der Waals surface area contributed by atoms with Crippen LogP contribution in [0.15, 0.2) is 46.9 Å². The van der Waals surface area contributed by atoms with E-state index in [0.29, 0.717) is 0 Å². The molecule has 2 aromatic carbocycles. The van der Waals surface area contributed by atoms with Crippen molar-refractivity contribution < 1.29 is 4.74 Å². The number of methoxy groups -OCH3 is 1. The van der Waals surface area contributed by atoms with Crippen LogP contribution < -0.4 is 4.74 Å². The number of rotatable bonds is 3. The van der Waals surface area contributed by atoms with Crippen molar-refractivity contribution in [2.45, 2.75) is 0 Å². The Labute approximate surface area is 120 Å². The molecule has 0 heterocycles. The van der Waals surface area contributed by atoms with E-state index in [1.54, 1.807) is 7.11 Å². The van der Waals surface area contributed by atoms with Crippen LogP contribution in [0.2, 0.25) is 5.02 Å². The van der Waals surface area contributed by atoms with Crippen LogP contribution in [0.25, 0.3) is 12.2 Å². The Morgan fingerprint density at radius 3 is 2.22 bits per heavy atom. The summed E-state index contributed by atoms with van der Waals surface area (Å²) in [4.78, 5) is 0. The normalized spacial score (nSPS) is 10.8. The van der Waals surface area contributed by atoms with Gasteiger partial charge in [-0.25, -0.2) is 0 Å². The molecule has 92 valence electrons. The Morgan fingerprint density at radius 1 is 1.00 bits per heavy atom. The van der Waals surface area contributed by atoms with E-state index in [1.807, 2.05) is 54.6 Å². The molecule has 0 fully saturated rings. The largest absolute Gasteiger partial charge is 0.496 e. The standard InChI is InChI=1S/C15H12BrClO/c1-18-15-9-6-12(10-14(15)16)3-2-11-4-7-13(17)8-5-11/h2-10H,1H3/b3-2+. The number of hydrogen-bond donors (Lipinski definition) is 0. The Morgan fingerprint density at radius 2 is 1.61 bits per heavy atom. The first-order valence-electron chi connectivity index (χ1n) is 5.46. The van der Waals surface area contributed by atoms with E-state index in [9.17, 15) is 0 Å². The summed E-state index contributed by atoms with van der Waals surface area (Å²) >= 11 is 9.31. The fourth-order valence-electron chi connectivity index (χ4n) is 1.55. The Hall–Kier alpha value is -1.25. The summed E-state index contributed by atoms with van der Waals surface area (Å²) in [7, 11) is 1.66. The molecule has 18 heavy (non-hydrogen) atoms. The first kappa shape index (κ1) is 13.2. The molecule has 0 radical (unpaired) electrons. The molecule has 0 atom stereocenters. The van der Waals surface area contributed by atoms with E-state index < -0.39 is 0 Å². The molecular formula is C15H12BrClO. The summed E-state index contributed by atoms with van der Waals surface area (Å²) in [6.45, 7) is 0. The van der Waals surface area contributed by atoms with Gasteiger partial charge in [-0.3, -0.25) is 0 Å². The Balaban J connectivity index is 2.18. The molecule has 0 amide bonds. The fraction of sp³-hybridized carbons (Fsp3) is 0.0667. The molecule has 0 saturated carbocycles. The van der Waals surface area contributed by atoms with E-state index in [2.05, 4.69) is 15.9 Å². The maximum atomic E-state index is 5.84. The highest BCUT2D eigenvalue weighted by atomic mass is 79.9. The van der Waals surface area contributed by atoms with Crippen molar-refractivity contribution in [3.8, 4) is 5.75 Å². The molecule has 0 saturated heterocycles. The molecule has 0 aliphatic rings. The summed E-state index contributed by atoms with van der Waals surface area (Å²) in [5, 5.41) is 0.749. The van der Waals surface area contributed by atoms with Gasteiger partial charge in [-0.2, -0.15) is 0 Å². The zero-order valence-corrected chi connectivity index (χ0v) is 12.2. The second-order valence-corrected chi connectivity index (χ2v) is 5.07. The zero-order chi connectivity index (χ0) is 13.0. The maximum Gasteiger partial charge on any atom is 0.133 e. The van der Waals surface area contributed by atoms with Crippen molar-refractivity contribution in [2.75, 3.05) is 7.11 Å². The molecular weight excluding hydrogens is 312 g/mol. The highest BCUT2D eigenvalue weighted by molar-refractivity contribution is 9.10. The van der Waals surface area contributed by atoms with Gasteiger partial charge in [-0.15, -0.1) is 0 Å². The molecule has 0 aromatic heterocycles. The summed E-state index contributed by atoms with van der Waals surface area (Å²) in [6.07, 6.45) is 4.10. The monoisotopic (exact) mass is 322 g/mol. The Bertz CT molecular complexity index is 561. The van der Waals surface area contributed by atoms with Crippen LogP contribution in [0.4, 0.5) is 0 Å². The van der Waals surface area contributed by atoms with Gasteiger partial charge >= 0.3 is 0 Å². The lowest BCUT2D eigenvalue weighted by molar-refractivity contribution is 0.412. The number of benzene rings is 2. The highest BCUT2D eigenvalue weighted by Crippen LogP contribution is 2.26. The minimum Gasteiger partial charge on any atom is -0.496 e. The van der Waals surface area contributed by atoms with Crippen LogP contribution in [0.3, 0.4) is 0 Å². The van der Waals surface area contributed by atoms with E-state index >= 15 is 0 Å². The number of ether oxygens (including phenoxy) is 1. The zero-order valence-electron chi connectivity index (χ0n) is 9.86. The molecule has 1 nitrogen and oxygen atoms in total. The summed E-state index contributed by atoms with van der Waals surface area (Å²) in [5.41, 5.74) is 2.23. The van der Waals surface area contributed by atoms with Crippen LogP contribution in [0.1, 0.15) is 11.1 Å². The van der Waals surface area contributed by atoms with Gasteiger partial charge in [-0.05, 0) is 51.3 Å². The highest BCUT2D eigenvalue weighted by Gasteiger charge is 1.98. The third-order valence-corrected chi connectivity index (χ3v) is 3.39. The van der Waals surface area contributed by atoms with Crippen molar-refractivity contribution in [2.24, 2.45) is 0 Å². The van der Waals surface area contributed by atoms with Crippen molar-refractivity contribution in [1.82, 2.24) is 0 Å². The van der Waals surface area contributed by atoms with Crippen molar-refractivity contribution in [3.63, 3.8) is 0 Å². The third kappa shape index (κ3) is 3.37. The lowest BCUT2D eigenvalue weighted by atomic mass is 10.1. The summed E-state index contributed by atoms with van der Waals surface area (Å²) in [5.74, 6) is 0.832. The van der Waals surface area contributed by atoms with Gasteiger partial charge in [0.1, 0.15) is 5.75 Å². The summed E-state index contributed by atoms with van der Waals surface area (Å²) in [6, 6.07) is 13.7. The van der Waals surface area contributed by atoms with Crippen LogP contribution >= 0.6 is 27.5 Å². The lowest BCUT2D eigenvalue weighted by Gasteiger charge is -2.03. The molecule has 0 unspecified atom stereocenters. The molecule has 3 heteroatoms. The maximum absolute atomic E-state index is 5.84. The minimum atomic E-state index is 0.749. The molecule has 0 aliphatic heterocycles. The van der Waals surface area contributed by atoms with Gasteiger partial charge in [0.25, 0.3) is 0 Å². The lowest BCUT2D eigenvalue weighted by Crippen LogP contribution is -1.84. The second kappa shape index (κ2) is 6.07.